The van der Waals surface area contributed by atoms with Gasteiger partial charge in [0.05, 0.1) is 17.7 Å². The molecule has 1 aromatic rings. The number of nitrogens with zero attached hydrogens (tertiary/aromatic N) is 1. The summed E-state index contributed by atoms with van der Waals surface area (Å²) in [4.78, 5) is 0.216. The lowest BCUT2D eigenvalue weighted by Gasteiger charge is -2.12. The molecule has 14 heavy (non-hydrogen) atoms. The summed E-state index contributed by atoms with van der Waals surface area (Å²) in [5.41, 5.74) is 3.93. The first-order chi connectivity index (χ1) is 6.63. The summed E-state index contributed by atoms with van der Waals surface area (Å²) in [6, 6.07) is 4.67. The molecule has 2 rings (SSSR count). The van der Waals surface area contributed by atoms with Gasteiger partial charge in [-0.2, -0.15) is 5.10 Å². The van der Waals surface area contributed by atoms with E-state index in [0.29, 0.717) is 11.4 Å². The number of nitrogens with one attached hydrogen (secondary N) is 1. The molecule has 0 amide bonds. The van der Waals surface area contributed by atoms with E-state index in [1.54, 1.807) is 12.1 Å². The number of anilines is 1. The first kappa shape index (κ1) is 9.01. The molecule has 0 saturated carbocycles. The number of rotatable bonds is 1. The fourth-order valence-electron chi connectivity index (χ4n) is 1.19. The van der Waals surface area contributed by atoms with E-state index in [2.05, 4.69) is 10.5 Å². The number of methoxy groups -OCH3 is 1. The van der Waals surface area contributed by atoms with Crippen LogP contribution in [0.1, 0.15) is 0 Å². The third-order valence-corrected chi connectivity index (χ3v) is 3.22. The molecule has 0 bridgehead atoms. The van der Waals surface area contributed by atoms with E-state index in [9.17, 15) is 8.42 Å². The minimum atomic E-state index is -3.38. The zero-order chi connectivity index (χ0) is 10.2. The number of hydrogen-bond acceptors (Lipinski definition) is 5. The monoisotopic (exact) mass is 212 g/mol. The molecule has 0 aromatic heterocycles. The van der Waals surface area contributed by atoms with Crippen LogP contribution in [0.4, 0.5) is 5.69 Å². The van der Waals surface area contributed by atoms with Gasteiger partial charge in [-0.25, -0.2) is 8.42 Å². The van der Waals surface area contributed by atoms with Crippen molar-refractivity contribution in [1.82, 2.24) is 0 Å². The summed E-state index contributed by atoms with van der Waals surface area (Å²) in [5.74, 6) is 0.587. The number of ether oxygens (including phenoxy) is 1. The van der Waals surface area contributed by atoms with Gasteiger partial charge in [0, 0.05) is 6.07 Å². The van der Waals surface area contributed by atoms with Crippen LogP contribution in [0.5, 0.6) is 5.75 Å². The molecule has 1 aliphatic rings. The van der Waals surface area contributed by atoms with E-state index in [1.807, 2.05) is 0 Å². The minimum Gasteiger partial charge on any atom is -0.497 e. The second-order valence-corrected chi connectivity index (χ2v) is 4.49. The fraction of sp³-hybridized carbons (Fsp3) is 0.125. The number of hydrazone groups is 1. The maximum atomic E-state index is 11.4. The maximum absolute atomic E-state index is 11.4. The van der Waals surface area contributed by atoms with E-state index in [0.717, 1.165) is 5.55 Å². The van der Waals surface area contributed by atoms with Crippen LogP contribution in [0.25, 0.3) is 0 Å². The van der Waals surface area contributed by atoms with Crippen LogP contribution in [-0.2, 0) is 9.84 Å². The highest BCUT2D eigenvalue weighted by Crippen LogP contribution is 2.28. The molecule has 1 aromatic carbocycles. The average molecular weight is 212 g/mol. The summed E-state index contributed by atoms with van der Waals surface area (Å²) in [5, 5.41) is 3.53. The van der Waals surface area contributed by atoms with Crippen molar-refractivity contribution in [3.63, 3.8) is 0 Å². The van der Waals surface area contributed by atoms with Crippen molar-refractivity contribution in [2.24, 2.45) is 5.10 Å². The zero-order valence-electron chi connectivity index (χ0n) is 7.39. The Bertz CT molecular complexity index is 493. The highest BCUT2D eigenvalue weighted by atomic mass is 32.2. The third-order valence-electron chi connectivity index (χ3n) is 1.87. The van der Waals surface area contributed by atoms with Gasteiger partial charge in [0.2, 0.25) is 9.84 Å². The van der Waals surface area contributed by atoms with Crippen molar-refractivity contribution in [2.45, 2.75) is 4.90 Å². The SMILES string of the molecule is COc1ccc2c(c1)NN=CS2(=O)=O. The highest BCUT2D eigenvalue weighted by molar-refractivity contribution is 8.04. The van der Waals surface area contributed by atoms with Crippen LogP contribution in [-0.4, -0.2) is 21.1 Å². The summed E-state index contributed by atoms with van der Waals surface area (Å²) >= 11 is 0. The third kappa shape index (κ3) is 1.33. The topological polar surface area (TPSA) is 67.8 Å². The van der Waals surface area contributed by atoms with Crippen molar-refractivity contribution in [3.05, 3.63) is 18.2 Å². The molecule has 1 aliphatic heterocycles. The lowest BCUT2D eigenvalue weighted by molar-refractivity contribution is 0.414. The molecule has 0 radical (unpaired) electrons. The molecular weight excluding hydrogens is 204 g/mol. The Balaban J connectivity index is 2.62. The fourth-order valence-corrected chi connectivity index (χ4v) is 2.17. The summed E-state index contributed by atoms with van der Waals surface area (Å²) in [6.07, 6.45) is 0. The van der Waals surface area contributed by atoms with Gasteiger partial charge in [0.1, 0.15) is 11.3 Å². The second-order valence-electron chi connectivity index (χ2n) is 2.75. The normalized spacial score (nSPS) is 16.9. The standard InChI is InChI=1S/C8H8N2O3S/c1-13-6-2-3-8-7(4-6)10-9-5-14(8,11)12/h2-5,10H,1H3. The van der Waals surface area contributed by atoms with Gasteiger partial charge in [-0.3, -0.25) is 5.43 Å². The largest absolute Gasteiger partial charge is 0.497 e. The van der Waals surface area contributed by atoms with E-state index in [1.165, 1.54) is 13.2 Å². The minimum absolute atomic E-state index is 0.216. The molecule has 1 N–H and O–H groups in total. The highest BCUT2D eigenvalue weighted by Gasteiger charge is 2.20. The molecule has 5 nitrogen and oxygen atoms in total. The van der Waals surface area contributed by atoms with E-state index < -0.39 is 9.84 Å². The number of hydrogen-bond donors (Lipinski definition) is 1. The molecule has 74 valence electrons. The van der Waals surface area contributed by atoms with Crippen LogP contribution in [0.15, 0.2) is 28.2 Å². The van der Waals surface area contributed by atoms with Crippen LogP contribution < -0.4 is 10.2 Å². The molecule has 6 heteroatoms. The summed E-state index contributed by atoms with van der Waals surface area (Å²) in [7, 11) is -1.86. The lowest BCUT2D eigenvalue weighted by atomic mass is 10.3. The first-order valence-corrected chi connectivity index (χ1v) is 5.40. The second kappa shape index (κ2) is 2.98. The molecule has 1 heterocycles. The number of sulfone groups is 1. The van der Waals surface area contributed by atoms with Crippen molar-refractivity contribution in [3.8, 4) is 5.75 Å². The Morgan fingerprint density at radius 1 is 1.43 bits per heavy atom. The predicted molar refractivity (Wildman–Crippen MR) is 52.3 cm³/mol. The van der Waals surface area contributed by atoms with Crippen molar-refractivity contribution in [2.75, 3.05) is 12.5 Å². The summed E-state index contributed by atoms with van der Waals surface area (Å²) < 4.78 is 27.8. The van der Waals surface area contributed by atoms with Crippen LogP contribution >= 0.6 is 0 Å². The Kier molecular flexibility index (Phi) is 1.92. The van der Waals surface area contributed by atoms with Crippen LogP contribution in [0.2, 0.25) is 0 Å². The summed E-state index contributed by atoms with van der Waals surface area (Å²) in [6.45, 7) is 0. The quantitative estimate of drug-likeness (QED) is 0.749. The molecule has 0 unspecified atom stereocenters. The van der Waals surface area contributed by atoms with E-state index >= 15 is 0 Å². The van der Waals surface area contributed by atoms with Crippen molar-refractivity contribution in [1.29, 1.82) is 0 Å². The Labute approximate surface area is 81.3 Å². The molecular formula is C8H8N2O3S. The van der Waals surface area contributed by atoms with Crippen molar-refractivity contribution < 1.29 is 13.2 Å². The van der Waals surface area contributed by atoms with E-state index in [-0.39, 0.29) is 4.90 Å². The average Bonchev–Trinajstić information content (AvgIpc) is 2.16. The maximum Gasteiger partial charge on any atom is 0.220 e. The van der Waals surface area contributed by atoms with Crippen LogP contribution in [0, 0.1) is 0 Å². The lowest BCUT2D eigenvalue weighted by Crippen LogP contribution is -2.11. The number of benzene rings is 1. The Morgan fingerprint density at radius 2 is 2.21 bits per heavy atom. The molecule has 0 saturated heterocycles. The predicted octanol–water partition coefficient (Wildman–Crippen LogP) is 0.838. The van der Waals surface area contributed by atoms with Gasteiger partial charge in [-0.1, -0.05) is 0 Å². The van der Waals surface area contributed by atoms with Gasteiger partial charge < -0.3 is 4.74 Å². The molecule has 0 aliphatic carbocycles. The van der Waals surface area contributed by atoms with Gasteiger partial charge in [-0.15, -0.1) is 0 Å². The first-order valence-electron chi connectivity index (χ1n) is 3.86. The molecule has 0 atom stereocenters. The Morgan fingerprint density at radius 3 is 2.93 bits per heavy atom. The molecule has 0 fully saturated rings. The Hall–Kier alpha value is -1.56. The van der Waals surface area contributed by atoms with Gasteiger partial charge in [0.15, 0.2) is 0 Å². The van der Waals surface area contributed by atoms with Crippen LogP contribution in [0.3, 0.4) is 0 Å². The van der Waals surface area contributed by atoms with Gasteiger partial charge in [0.25, 0.3) is 0 Å². The smallest absolute Gasteiger partial charge is 0.220 e. The number of fused-ring (bicyclic) bond motifs is 1. The zero-order valence-corrected chi connectivity index (χ0v) is 8.21. The van der Waals surface area contributed by atoms with E-state index in [4.69, 9.17) is 4.74 Å². The van der Waals surface area contributed by atoms with Crippen molar-refractivity contribution >= 4 is 21.1 Å². The molecule has 0 spiro atoms. The van der Waals surface area contributed by atoms with Gasteiger partial charge in [-0.05, 0) is 12.1 Å². The van der Waals surface area contributed by atoms with Gasteiger partial charge >= 0.3 is 0 Å².